The first-order valence-electron chi connectivity index (χ1n) is 31.8. The minimum atomic E-state index is -2.16. The fraction of sp³-hybridized carbons (Fsp3) is 0.308. The molecule has 0 fully saturated rings. The van der Waals surface area contributed by atoms with Crippen LogP contribution in [0.5, 0.6) is 0 Å². The van der Waals surface area contributed by atoms with E-state index in [9.17, 15) is 0 Å². The number of hydrogen-bond acceptors (Lipinski definition) is 10. The van der Waals surface area contributed by atoms with Crippen molar-refractivity contribution in [2.75, 3.05) is 67.2 Å². The quantitative estimate of drug-likeness (QED) is 0.161. The number of aryl methyl sites for hydroxylation is 5. The van der Waals surface area contributed by atoms with E-state index in [0.717, 1.165) is 33.9 Å². The molecule has 88 heavy (non-hydrogen) atoms. The Hall–Kier alpha value is -9.02. The third-order valence-corrected chi connectivity index (χ3v) is 16.4. The van der Waals surface area contributed by atoms with Crippen molar-refractivity contribution in [2.24, 2.45) is 0 Å². The lowest BCUT2D eigenvalue weighted by Gasteiger charge is -2.30. The lowest BCUT2D eigenvalue weighted by molar-refractivity contribution is 0.383. The highest BCUT2D eigenvalue weighted by Crippen LogP contribution is 2.45. The highest BCUT2D eigenvalue weighted by Gasteiger charge is 2.33. The van der Waals surface area contributed by atoms with Gasteiger partial charge in [0, 0.05) is 108 Å². The average molecular weight is 1190 g/mol. The summed E-state index contributed by atoms with van der Waals surface area (Å²) in [4.78, 5) is 20.8. The number of benzene rings is 8. The third kappa shape index (κ3) is 15.2. The van der Waals surface area contributed by atoms with Crippen LogP contribution in [0.4, 0.5) is 56.9 Å². The molecule has 5 heterocycles. The molecule has 5 aliphatic rings. The number of hydrogen-bond donors (Lipinski definition) is 0. The fourth-order valence-corrected chi connectivity index (χ4v) is 11.2. The molecule has 0 aromatic heterocycles. The first-order chi connectivity index (χ1) is 42.5. The van der Waals surface area contributed by atoms with Gasteiger partial charge in [0.25, 0.3) is 0 Å². The zero-order valence-corrected chi connectivity index (χ0v) is 50.4. The van der Waals surface area contributed by atoms with Crippen LogP contribution >= 0.6 is 0 Å². The first-order valence-corrected chi connectivity index (χ1v) is 28.8. The molecule has 0 spiro atoms. The molecule has 0 amide bonds. The van der Waals surface area contributed by atoms with Crippen LogP contribution in [0.2, 0.25) is 0 Å². The van der Waals surface area contributed by atoms with E-state index in [-0.39, 0.29) is 49.5 Å². The van der Waals surface area contributed by atoms with E-state index in [1.165, 1.54) is 60.6 Å². The average Bonchev–Trinajstić information content (AvgIpc) is 1.60. The zero-order valence-electron chi connectivity index (χ0n) is 56.4. The number of anilines is 10. The second-order valence-electron chi connectivity index (χ2n) is 21.7. The number of para-hydroxylation sites is 10. The van der Waals surface area contributed by atoms with Crippen molar-refractivity contribution in [3.8, 4) is 0 Å². The van der Waals surface area contributed by atoms with Crippen LogP contribution in [0.3, 0.4) is 0 Å². The topological polar surface area (TPSA) is 32.4 Å². The van der Waals surface area contributed by atoms with E-state index in [4.69, 9.17) is 8.22 Å². The molecule has 5 unspecified atom stereocenters. The second kappa shape index (κ2) is 32.1. The summed E-state index contributed by atoms with van der Waals surface area (Å²) < 4.78 is 45.8. The molecule has 5 atom stereocenters. The Labute approximate surface area is 542 Å². The van der Waals surface area contributed by atoms with Gasteiger partial charge in [-0.2, -0.15) is 0 Å². The summed E-state index contributed by atoms with van der Waals surface area (Å²) in [6.07, 6.45) is 12.6. The van der Waals surface area contributed by atoms with Gasteiger partial charge in [0.15, 0.2) is 0 Å². The van der Waals surface area contributed by atoms with Crippen LogP contribution < -0.4 is 39.2 Å². The van der Waals surface area contributed by atoms with Gasteiger partial charge in [-0.15, -0.1) is 0 Å². The van der Waals surface area contributed by atoms with Crippen molar-refractivity contribution >= 4 is 56.9 Å². The Morgan fingerprint density at radius 1 is 0.261 bits per heavy atom. The van der Waals surface area contributed by atoms with Crippen LogP contribution in [0.15, 0.2) is 237 Å². The highest BCUT2D eigenvalue weighted by atomic mass is 15.4. The molecule has 13 rings (SSSR count). The molecule has 0 N–H and O–H groups in total. The van der Waals surface area contributed by atoms with Crippen LogP contribution in [0.1, 0.15) is 108 Å². The number of rotatable bonds is 6. The Bertz CT molecular complexity index is 3760. The molecule has 468 valence electrons. The van der Waals surface area contributed by atoms with Gasteiger partial charge in [0.2, 0.25) is 0 Å². The molecule has 0 saturated heterocycles. The van der Waals surface area contributed by atoms with E-state index in [0.29, 0.717) is 18.5 Å². The minimum absolute atomic E-state index is 0. The summed E-state index contributed by atoms with van der Waals surface area (Å²) in [5.41, 5.74) is 17.7. The van der Waals surface area contributed by atoms with Crippen molar-refractivity contribution in [3.63, 3.8) is 0 Å². The summed E-state index contributed by atoms with van der Waals surface area (Å²) in [6, 6.07) is 68.3. The maximum Gasteiger partial charge on any atom is 0.107 e. The van der Waals surface area contributed by atoms with Crippen LogP contribution in [-0.2, 0) is 0 Å². The Morgan fingerprint density at radius 2 is 0.545 bits per heavy atom. The maximum absolute atomic E-state index is 7.83. The fourth-order valence-electron chi connectivity index (χ4n) is 11.2. The van der Waals surface area contributed by atoms with Crippen molar-refractivity contribution in [1.29, 1.82) is 0 Å². The Balaban J connectivity index is 0.000000248. The van der Waals surface area contributed by atoms with Gasteiger partial charge in [-0.25, -0.2) is 0 Å². The normalized spacial score (nSPS) is 19.2. The molecular weight excluding hydrogens is 1080 g/mol. The van der Waals surface area contributed by atoms with E-state index in [1.807, 2.05) is 118 Å². The summed E-state index contributed by atoms with van der Waals surface area (Å²) in [6.45, 7) is 16.8. The van der Waals surface area contributed by atoms with Crippen LogP contribution in [0.25, 0.3) is 0 Å². The van der Waals surface area contributed by atoms with Crippen molar-refractivity contribution in [2.45, 2.75) is 137 Å². The smallest absolute Gasteiger partial charge is 0.107 e. The second-order valence-corrected chi connectivity index (χ2v) is 21.7. The molecule has 0 bridgehead atoms. The van der Waals surface area contributed by atoms with Crippen LogP contribution in [-0.4, -0.2) is 68.7 Å². The van der Waals surface area contributed by atoms with Gasteiger partial charge in [-0.3, -0.25) is 0 Å². The van der Waals surface area contributed by atoms with Gasteiger partial charge in [0.05, 0.1) is 22.7 Å². The van der Waals surface area contributed by atoms with Gasteiger partial charge in [-0.05, 0) is 164 Å². The lowest BCUT2D eigenvalue weighted by Crippen LogP contribution is -2.36. The van der Waals surface area contributed by atoms with Gasteiger partial charge < -0.3 is 49.0 Å². The third-order valence-electron chi connectivity index (χ3n) is 16.4. The van der Waals surface area contributed by atoms with E-state index < -0.39 is 14.0 Å². The summed E-state index contributed by atoms with van der Waals surface area (Å²) in [5.74, 6) is 0. The maximum atomic E-state index is 7.83. The molecule has 0 aliphatic carbocycles. The largest absolute Gasteiger partial charge is 0.359 e. The standard InChI is InChI=1S/C17H18N2.2C16H18N2.2C12H16N2.5CH4/c1-14-8-6-7-11-17(14)19-13-12-18(15(19)2)16-9-4-3-5-10-16;2*1-12-8-4-5-9-14(12)18-13(2)17(3)15-10-6-7-11-16(15)18;2*1-10-6-4-5-7-12(10)14-9-8-13(3)11(14)2;;;;;/h3-13,15H,1-2H3;2*4-11,13H,1-3H3;2*4-9,11H,1-3H3;5*1H4/i;3D3;;3D3;;;;;;. The first kappa shape index (κ1) is 62.0. The number of fused-ring (bicyclic) bond motifs is 2. The van der Waals surface area contributed by atoms with Gasteiger partial charge in [-0.1, -0.05) is 171 Å². The van der Waals surface area contributed by atoms with Gasteiger partial charge in [0.1, 0.15) is 30.8 Å². The monoisotopic (exact) mass is 1190 g/mol. The lowest BCUT2D eigenvalue weighted by atomic mass is 10.1. The molecule has 5 aliphatic heterocycles. The van der Waals surface area contributed by atoms with Crippen molar-refractivity contribution in [3.05, 3.63) is 265 Å². The summed E-state index contributed by atoms with van der Waals surface area (Å²) >= 11 is 0. The van der Waals surface area contributed by atoms with E-state index >= 15 is 0 Å². The molecule has 0 saturated carbocycles. The number of nitrogens with zero attached hydrogens (tertiary/aromatic N) is 10. The predicted molar refractivity (Wildman–Crippen MR) is 390 cm³/mol. The molecule has 10 heteroatoms. The van der Waals surface area contributed by atoms with E-state index in [2.05, 4.69) is 236 Å². The SMILES string of the molecule is C.C.C.C.C.Cc1ccccc1N1C=CN(C)C1C.Cc1ccccc1N1C=CN(c2ccccc2)C1C.Cc1ccccc1N1c2ccccc2N(C)C1C.[2H]C([2H])([2H])N1C=CN(c2ccccc2C)C1C.[2H]C([2H])([2H])N1c2ccccc2N(c2ccccc2C)C1C. The molecule has 0 radical (unpaired) electrons. The van der Waals surface area contributed by atoms with Crippen molar-refractivity contribution in [1.82, 2.24) is 9.80 Å². The van der Waals surface area contributed by atoms with Crippen molar-refractivity contribution < 1.29 is 8.22 Å². The van der Waals surface area contributed by atoms with E-state index in [1.54, 1.807) is 6.20 Å². The molecule has 10 nitrogen and oxygen atoms in total. The molecule has 8 aromatic carbocycles. The Morgan fingerprint density at radius 3 is 0.909 bits per heavy atom. The Kier molecular flexibility index (Phi) is 22.6. The minimum Gasteiger partial charge on any atom is -0.359 e. The highest BCUT2D eigenvalue weighted by molar-refractivity contribution is 5.85. The zero-order chi connectivity index (χ0) is 63.9. The summed E-state index contributed by atoms with van der Waals surface area (Å²) in [5, 5.41) is 0. The summed E-state index contributed by atoms with van der Waals surface area (Å²) in [7, 11) is 4.25. The predicted octanol–water partition coefficient (Wildman–Crippen LogP) is 20.3. The molecule has 8 aromatic rings. The van der Waals surface area contributed by atoms with Gasteiger partial charge >= 0.3 is 0 Å². The van der Waals surface area contributed by atoms with Crippen LogP contribution in [0, 0.1) is 34.6 Å². The molecular formula is C78H106N10.